The SMILES string of the molecule is CCOc1cc([N+]#N)c(OCC)c(S)c1CC.[Cl-]. The molecule has 0 heterocycles. The first-order valence-electron chi connectivity index (χ1n) is 5.69. The summed E-state index contributed by atoms with van der Waals surface area (Å²) < 4.78 is 11.0. The monoisotopic (exact) mass is 288 g/mol. The largest absolute Gasteiger partial charge is 1.00 e. The molecule has 0 N–H and O–H groups in total. The van der Waals surface area contributed by atoms with Crippen LogP contribution in [0.4, 0.5) is 5.69 Å². The molecule has 1 rings (SSSR count). The third-order valence-electron chi connectivity index (χ3n) is 2.35. The van der Waals surface area contributed by atoms with Gasteiger partial charge in [0.05, 0.1) is 24.2 Å². The van der Waals surface area contributed by atoms with E-state index in [2.05, 4.69) is 17.6 Å². The maximum Gasteiger partial charge on any atom is 0.431 e. The van der Waals surface area contributed by atoms with Crippen LogP contribution in [0, 0.1) is 5.39 Å². The van der Waals surface area contributed by atoms with Gasteiger partial charge in [0, 0.05) is 5.56 Å². The van der Waals surface area contributed by atoms with E-state index in [1.165, 1.54) is 0 Å². The minimum Gasteiger partial charge on any atom is -1.00 e. The highest BCUT2D eigenvalue weighted by molar-refractivity contribution is 7.80. The molecule has 0 amide bonds. The Balaban J connectivity index is 0.00000289. The van der Waals surface area contributed by atoms with Gasteiger partial charge in [0.2, 0.25) is 11.1 Å². The molecule has 100 valence electrons. The van der Waals surface area contributed by atoms with Crippen molar-refractivity contribution in [2.45, 2.75) is 32.1 Å². The Hall–Kier alpha value is -1.12. The van der Waals surface area contributed by atoms with Crippen molar-refractivity contribution >= 4 is 18.3 Å². The van der Waals surface area contributed by atoms with Crippen molar-refractivity contribution in [1.82, 2.24) is 0 Å². The van der Waals surface area contributed by atoms with Crippen LogP contribution in [-0.4, -0.2) is 13.2 Å². The highest BCUT2D eigenvalue weighted by Crippen LogP contribution is 2.42. The number of thiol groups is 1. The van der Waals surface area contributed by atoms with E-state index in [1.54, 1.807) is 6.07 Å². The van der Waals surface area contributed by atoms with Crippen molar-refractivity contribution in [3.05, 3.63) is 16.6 Å². The fraction of sp³-hybridized carbons (Fsp3) is 0.500. The lowest BCUT2D eigenvalue weighted by Crippen LogP contribution is -3.00. The fourth-order valence-electron chi connectivity index (χ4n) is 1.64. The second-order valence-electron chi connectivity index (χ2n) is 3.37. The average molecular weight is 289 g/mol. The molecule has 1 aromatic rings. The Morgan fingerprint density at radius 1 is 1.22 bits per heavy atom. The van der Waals surface area contributed by atoms with E-state index >= 15 is 0 Å². The van der Waals surface area contributed by atoms with E-state index in [4.69, 9.17) is 14.9 Å². The molecular weight excluding hydrogens is 272 g/mol. The minimum absolute atomic E-state index is 0. The molecular formula is C12H17ClN2O2S. The van der Waals surface area contributed by atoms with E-state index < -0.39 is 0 Å². The van der Waals surface area contributed by atoms with Gasteiger partial charge in [0.25, 0.3) is 0 Å². The molecule has 0 bridgehead atoms. The van der Waals surface area contributed by atoms with Crippen LogP contribution >= 0.6 is 12.6 Å². The Bertz CT molecular complexity index is 447. The standard InChI is InChI=1S/C12H16N2O2S.ClH/c1-4-8-10(15-5-2)7-9(14-13)11(12(8)17)16-6-3;/h7H,4-6H2,1-3H3;1H. The molecule has 4 nitrogen and oxygen atoms in total. The lowest BCUT2D eigenvalue weighted by atomic mass is 10.1. The maximum absolute atomic E-state index is 8.98. The summed E-state index contributed by atoms with van der Waals surface area (Å²) in [5.74, 6) is 1.19. The van der Waals surface area contributed by atoms with Crippen LogP contribution < -0.4 is 21.9 Å². The molecule has 0 saturated heterocycles. The third-order valence-corrected chi connectivity index (χ3v) is 2.82. The van der Waals surface area contributed by atoms with E-state index in [0.717, 1.165) is 12.0 Å². The molecule has 0 aliphatic heterocycles. The van der Waals surface area contributed by atoms with Gasteiger partial charge < -0.3 is 21.9 Å². The van der Waals surface area contributed by atoms with Crippen LogP contribution in [0.5, 0.6) is 11.5 Å². The summed E-state index contributed by atoms with van der Waals surface area (Å²) in [5.41, 5.74) is 1.31. The van der Waals surface area contributed by atoms with Crippen molar-refractivity contribution in [1.29, 1.82) is 5.39 Å². The zero-order valence-electron chi connectivity index (χ0n) is 10.7. The van der Waals surface area contributed by atoms with E-state index in [1.807, 2.05) is 20.8 Å². The van der Waals surface area contributed by atoms with E-state index in [0.29, 0.717) is 35.3 Å². The van der Waals surface area contributed by atoms with Crippen molar-refractivity contribution in [3.8, 4) is 11.5 Å². The second kappa shape index (κ2) is 8.06. The van der Waals surface area contributed by atoms with Gasteiger partial charge in [-0.15, -0.1) is 12.6 Å². The third kappa shape index (κ3) is 3.44. The normalized spacial score (nSPS) is 9.28. The van der Waals surface area contributed by atoms with Gasteiger partial charge in [0.15, 0.2) is 4.98 Å². The predicted molar refractivity (Wildman–Crippen MR) is 70.2 cm³/mol. The van der Waals surface area contributed by atoms with Crippen LogP contribution in [0.15, 0.2) is 11.0 Å². The number of hydrogen-bond acceptors (Lipinski definition) is 4. The Morgan fingerprint density at radius 3 is 2.28 bits per heavy atom. The molecule has 18 heavy (non-hydrogen) atoms. The summed E-state index contributed by atoms with van der Waals surface area (Å²) in [6.07, 6.45) is 0.778. The van der Waals surface area contributed by atoms with Crippen molar-refractivity contribution in [2.24, 2.45) is 0 Å². The topological polar surface area (TPSA) is 46.6 Å². The van der Waals surface area contributed by atoms with Crippen molar-refractivity contribution < 1.29 is 21.9 Å². The molecule has 6 heteroatoms. The number of diazo groups is 1. The molecule has 1 aromatic carbocycles. The van der Waals surface area contributed by atoms with E-state index in [9.17, 15) is 0 Å². The molecule has 0 atom stereocenters. The number of halogens is 1. The maximum atomic E-state index is 8.98. The summed E-state index contributed by atoms with van der Waals surface area (Å²) in [4.78, 5) is 3.89. The van der Waals surface area contributed by atoms with Gasteiger partial charge in [-0.25, -0.2) is 0 Å². The first-order chi connectivity index (χ1) is 8.19. The first kappa shape index (κ1) is 16.9. The highest BCUT2D eigenvalue weighted by atomic mass is 35.5. The molecule has 0 aliphatic rings. The van der Waals surface area contributed by atoms with Crippen LogP contribution in [0.2, 0.25) is 0 Å². The van der Waals surface area contributed by atoms with Crippen LogP contribution in [-0.2, 0) is 6.42 Å². The van der Waals surface area contributed by atoms with Gasteiger partial charge >= 0.3 is 5.69 Å². The van der Waals surface area contributed by atoms with Crippen LogP contribution in [0.25, 0.3) is 4.98 Å². The van der Waals surface area contributed by atoms with Gasteiger partial charge in [-0.3, -0.25) is 0 Å². The van der Waals surface area contributed by atoms with Crippen LogP contribution in [0.3, 0.4) is 0 Å². The zero-order chi connectivity index (χ0) is 12.8. The number of benzene rings is 1. The number of hydrogen-bond donors (Lipinski definition) is 1. The van der Waals surface area contributed by atoms with Gasteiger partial charge in [-0.2, -0.15) is 0 Å². The summed E-state index contributed by atoms with van der Waals surface area (Å²) in [6.45, 7) is 6.84. The Kier molecular flexibility index (Phi) is 7.56. The lowest BCUT2D eigenvalue weighted by molar-refractivity contribution is -0.00000482. The van der Waals surface area contributed by atoms with Crippen molar-refractivity contribution in [3.63, 3.8) is 0 Å². The number of rotatable bonds is 5. The summed E-state index contributed by atoms with van der Waals surface area (Å²) >= 11 is 4.44. The lowest BCUT2D eigenvalue weighted by Gasteiger charge is -2.12. The quantitative estimate of drug-likeness (QED) is 0.645. The number of nitrogens with zero attached hydrogens (tertiary/aromatic N) is 2. The molecule has 0 radical (unpaired) electrons. The number of ether oxygens (including phenoxy) is 2. The summed E-state index contributed by atoms with van der Waals surface area (Å²) in [6, 6.07) is 1.67. The summed E-state index contributed by atoms with van der Waals surface area (Å²) in [5, 5.41) is 8.98. The van der Waals surface area contributed by atoms with Crippen LogP contribution in [0.1, 0.15) is 26.3 Å². The fourth-order valence-corrected chi connectivity index (χ4v) is 2.09. The molecule has 0 unspecified atom stereocenters. The van der Waals surface area contributed by atoms with Gasteiger partial charge in [-0.05, 0) is 20.3 Å². The molecule has 0 aliphatic carbocycles. The molecule has 0 aromatic heterocycles. The molecule has 0 saturated carbocycles. The van der Waals surface area contributed by atoms with Gasteiger partial charge in [0.1, 0.15) is 5.75 Å². The Morgan fingerprint density at radius 2 is 1.83 bits per heavy atom. The predicted octanol–water partition coefficient (Wildman–Crippen LogP) is 0.824. The first-order valence-corrected chi connectivity index (χ1v) is 6.13. The minimum atomic E-state index is 0. The molecule has 0 fully saturated rings. The smallest absolute Gasteiger partial charge is 0.431 e. The zero-order valence-corrected chi connectivity index (χ0v) is 12.4. The average Bonchev–Trinajstić information content (AvgIpc) is 2.33. The van der Waals surface area contributed by atoms with Crippen molar-refractivity contribution in [2.75, 3.05) is 13.2 Å². The Labute approximate surface area is 119 Å². The highest BCUT2D eigenvalue weighted by Gasteiger charge is 2.24. The summed E-state index contributed by atoms with van der Waals surface area (Å²) in [7, 11) is 0. The molecule has 0 spiro atoms. The second-order valence-corrected chi connectivity index (χ2v) is 3.82. The van der Waals surface area contributed by atoms with Gasteiger partial charge in [-0.1, -0.05) is 6.92 Å². The van der Waals surface area contributed by atoms with E-state index in [-0.39, 0.29) is 12.4 Å².